The average molecular weight is 274 g/mol. The summed E-state index contributed by atoms with van der Waals surface area (Å²) < 4.78 is 0. The number of benzene rings is 1. The molecule has 110 valence electrons. The van der Waals surface area contributed by atoms with Crippen molar-refractivity contribution in [1.29, 1.82) is 0 Å². The molecule has 2 rings (SSSR count). The minimum Gasteiger partial charge on any atom is -0.339 e. The summed E-state index contributed by atoms with van der Waals surface area (Å²) >= 11 is 0. The molecule has 0 unspecified atom stereocenters. The van der Waals surface area contributed by atoms with E-state index in [1.807, 2.05) is 29.2 Å². The van der Waals surface area contributed by atoms with E-state index in [1.54, 1.807) is 0 Å². The molecule has 3 heteroatoms. The van der Waals surface area contributed by atoms with Gasteiger partial charge in [-0.2, -0.15) is 0 Å². The van der Waals surface area contributed by atoms with Gasteiger partial charge in [-0.1, -0.05) is 26.0 Å². The van der Waals surface area contributed by atoms with Crippen LogP contribution >= 0.6 is 0 Å². The van der Waals surface area contributed by atoms with Crippen LogP contribution in [0.15, 0.2) is 24.3 Å². The van der Waals surface area contributed by atoms with E-state index in [0.717, 1.165) is 55.3 Å². The van der Waals surface area contributed by atoms with Crippen molar-refractivity contribution >= 4 is 5.91 Å². The van der Waals surface area contributed by atoms with E-state index in [0.29, 0.717) is 6.54 Å². The molecule has 1 amide bonds. The number of carbonyl (C=O) groups excluding carboxylic acids is 1. The zero-order chi connectivity index (χ0) is 14.5. The van der Waals surface area contributed by atoms with Gasteiger partial charge in [0.25, 0.3) is 5.91 Å². The third kappa shape index (κ3) is 3.60. The number of rotatable bonds is 4. The molecular weight excluding hydrogens is 248 g/mol. The topological polar surface area (TPSA) is 46.3 Å². The first-order chi connectivity index (χ1) is 9.61. The van der Waals surface area contributed by atoms with E-state index < -0.39 is 0 Å². The predicted molar refractivity (Wildman–Crippen MR) is 82.7 cm³/mol. The summed E-state index contributed by atoms with van der Waals surface area (Å²) in [5.41, 5.74) is 7.53. The van der Waals surface area contributed by atoms with Gasteiger partial charge in [0, 0.05) is 18.7 Å². The summed E-state index contributed by atoms with van der Waals surface area (Å²) in [6.45, 7) is 6.96. The van der Waals surface area contributed by atoms with Crippen LogP contribution in [-0.4, -0.2) is 30.4 Å². The van der Waals surface area contributed by atoms with Gasteiger partial charge >= 0.3 is 0 Å². The molecule has 0 spiro atoms. The number of likely N-dealkylation sites (tertiary alicyclic amines) is 1. The van der Waals surface area contributed by atoms with Crippen LogP contribution in [0.3, 0.4) is 0 Å². The monoisotopic (exact) mass is 274 g/mol. The van der Waals surface area contributed by atoms with Gasteiger partial charge in [0.15, 0.2) is 0 Å². The lowest BCUT2D eigenvalue weighted by molar-refractivity contribution is 0.0667. The molecule has 0 atom stereocenters. The van der Waals surface area contributed by atoms with E-state index in [-0.39, 0.29) is 5.91 Å². The number of nitrogens with zero attached hydrogens (tertiary/aromatic N) is 1. The lowest BCUT2D eigenvalue weighted by Gasteiger charge is -2.34. The minimum absolute atomic E-state index is 0.172. The number of nitrogens with two attached hydrogens (primary N) is 1. The molecule has 1 aliphatic rings. The number of amides is 1. The predicted octanol–water partition coefficient (Wildman–Crippen LogP) is 2.70. The van der Waals surface area contributed by atoms with E-state index in [4.69, 9.17) is 5.73 Å². The first kappa shape index (κ1) is 15.0. The van der Waals surface area contributed by atoms with Gasteiger partial charge in [0.1, 0.15) is 0 Å². The van der Waals surface area contributed by atoms with Gasteiger partial charge in [0.05, 0.1) is 0 Å². The van der Waals surface area contributed by atoms with Gasteiger partial charge in [-0.25, -0.2) is 0 Å². The lowest BCUT2D eigenvalue weighted by atomic mass is 9.86. The highest BCUT2D eigenvalue weighted by atomic mass is 16.2. The summed E-state index contributed by atoms with van der Waals surface area (Å²) in [6, 6.07) is 7.90. The Morgan fingerprint density at radius 1 is 1.35 bits per heavy atom. The Hall–Kier alpha value is -1.35. The van der Waals surface area contributed by atoms with Gasteiger partial charge in [-0.05, 0) is 55.3 Å². The Kier molecular flexibility index (Phi) is 5.18. The summed E-state index contributed by atoms with van der Waals surface area (Å²) in [5.74, 6) is 1.66. The minimum atomic E-state index is 0.172. The molecular formula is C17H26N2O. The molecule has 0 saturated carbocycles. The van der Waals surface area contributed by atoms with Crippen LogP contribution < -0.4 is 5.73 Å². The third-order valence-corrected chi connectivity index (χ3v) is 4.38. The second-order valence-corrected chi connectivity index (χ2v) is 6.11. The molecule has 1 heterocycles. The Morgan fingerprint density at radius 2 is 2.05 bits per heavy atom. The quantitative estimate of drug-likeness (QED) is 0.917. The zero-order valence-corrected chi connectivity index (χ0v) is 12.6. The van der Waals surface area contributed by atoms with Crippen molar-refractivity contribution < 1.29 is 4.79 Å². The molecule has 3 nitrogen and oxygen atoms in total. The van der Waals surface area contributed by atoms with Crippen LogP contribution in [0.5, 0.6) is 0 Å². The Bertz CT molecular complexity index is 448. The second-order valence-electron chi connectivity index (χ2n) is 6.11. The van der Waals surface area contributed by atoms with Gasteiger partial charge in [-0.3, -0.25) is 4.79 Å². The fourth-order valence-electron chi connectivity index (χ4n) is 2.98. The Labute approximate surface area is 122 Å². The fraction of sp³-hybridized carbons (Fsp3) is 0.588. The normalized spacial score (nSPS) is 16.7. The molecule has 1 aliphatic heterocycles. The lowest BCUT2D eigenvalue weighted by Crippen LogP contribution is -2.39. The molecule has 0 aromatic heterocycles. The highest BCUT2D eigenvalue weighted by Gasteiger charge is 2.25. The maximum Gasteiger partial charge on any atom is 0.253 e. The fourth-order valence-corrected chi connectivity index (χ4v) is 2.98. The van der Waals surface area contributed by atoms with Gasteiger partial charge < -0.3 is 10.6 Å². The average Bonchev–Trinajstić information content (AvgIpc) is 2.47. The molecule has 0 bridgehead atoms. The number of piperidine rings is 1. The van der Waals surface area contributed by atoms with Crippen LogP contribution in [0.25, 0.3) is 0 Å². The van der Waals surface area contributed by atoms with Crippen LogP contribution in [0.2, 0.25) is 0 Å². The van der Waals surface area contributed by atoms with Crippen molar-refractivity contribution in [3.05, 3.63) is 35.4 Å². The molecule has 1 aromatic carbocycles. The molecule has 1 fully saturated rings. The Morgan fingerprint density at radius 3 is 2.65 bits per heavy atom. The van der Waals surface area contributed by atoms with Crippen LogP contribution in [0.4, 0.5) is 0 Å². The third-order valence-electron chi connectivity index (χ3n) is 4.38. The Balaban J connectivity index is 2.00. The number of hydrogen-bond acceptors (Lipinski definition) is 2. The first-order valence-corrected chi connectivity index (χ1v) is 7.70. The SMILES string of the molecule is CC(C)C1CCN(C(=O)c2cccc(CCN)c2)CC1. The van der Waals surface area contributed by atoms with Crippen LogP contribution in [0, 0.1) is 11.8 Å². The van der Waals surface area contributed by atoms with Gasteiger partial charge in [-0.15, -0.1) is 0 Å². The van der Waals surface area contributed by atoms with Crippen molar-refractivity contribution in [3.8, 4) is 0 Å². The molecule has 0 radical (unpaired) electrons. The largest absolute Gasteiger partial charge is 0.339 e. The highest BCUT2D eigenvalue weighted by Crippen LogP contribution is 2.25. The molecule has 1 saturated heterocycles. The summed E-state index contributed by atoms with van der Waals surface area (Å²) in [7, 11) is 0. The van der Waals surface area contributed by atoms with Crippen molar-refractivity contribution in [3.63, 3.8) is 0 Å². The second kappa shape index (κ2) is 6.89. The van der Waals surface area contributed by atoms with Crippen LogP contribution in [-0.2, 0) is 6.42 Å². The van der Waals surface area contributed by atoms with Crippen molar-refractivity contribution in [2.24, 2.45) is 17.6 Å². The van der Waals surface area contributed by atoms with E-state index in [2.05, 4.69) is 13.8 Å². The van der Waals surface area contributed by atoms with Crippen molar-refractivity contribution in [2.75, 3.05) is 19.6 Å². The van der Waals surface area contributed by atoms with E-state index in [9.17, 15) is 4.79 Å². The maximum atomic E-state index is 12.5. The molecule has 2 N–H and O–H groups in total. The van der Waals surface area contributed by atoms with Crippen molar-refractivity contribution in [1.82, 2.24) is 4.90 Å². The molecule has 1 aromatic rings. The molecule has 0 aliphatic carbocycles. The van der Waals surface area contributed by atoms with E-state index in [1.165, 1.54) is 0 Å². The molecule has 20 heavy (non-hydrogen) atoms. The maximum absolute atomic E-state index is 12.5. The number of hydrogen-bond donors (Lipinski definition) is 1. The van der Waals surface area contributed by atoms with E-state index >= 15 is 0 Å². The number of carbonyl (C=O) groups is 1. The van der Waals surface area contributed by atoms with Crippen LogP contribution in [0.1, 0.15) is 42.6 Å². The zero-order valence-electron chi connectivity index (χ0n) is 12.6. The summed E-state index contributed by atoms with van der Waals surface area (Å²) in [6.07, 6.45) is 3.09. The van der Waals surface area contributed by atoms with Gasteiger partial charge in [0.2, 0.25) is 0 Å². The summed E-state index contributed by atoms with van der Waals surface area (Å²) in [4.78, 5) is 14.5. The first-order valence-electron chi connectivity index (χ1n) is 7.70. The smallest absolute Gasteiger partial charge is 0.253 e. The highest BCUT2D eigenvalue weighted by molar-refractivity contribution is 5.94. The summed E-state index contributed by atoms with van der Waals surface area (Å²) in [5, 5.41) is 0. The van der Waals surface area contributed by atoms with Crippen molar-refractivity contribution in [2.45, 2.75) is 33.1 Å². The standard InChI is InChI=1S/C17H26N2O/c1-13(2)15-7-10-19(11-8-15)17(20)16-5-3-4-14(12-16)6-9-18/h3-5,12-13,15H,6-11,18H2,1-2H3.